The molecule has 1 atom stereocenters. The van der Waals surface area contributed by atoms with Gasteiger partial charge >= 0.3 is 6.03 Å². The summed E-state index contributed by atoms with van der Waals surface area (Å²) >= 11 is 1.75. The Morgan fingerprint density at radius 2 is 2.05 bits per heavy atom. The summed E-state index contributed by atoms with van der Waals surface area (Å²) in [5, 5.41) is 12.5. The summed E-state index contributed by atoms with van der Waals surface area (Å²) in [6.07, 6.45) is 1.52. The van der Waals surface area contributed by atoms with Crippen LogP contribution in [0.2, 0.25) is 0 Å². The Kier molecular flexibility index (Phi) is 6.39. The normalized spacial score (nSPS) is 17.5. The SMILES string of the molecule is CC(O)C1CCN(C(=O)NCCSc2ccccc2)CC1. The zero-order valence-electron chi connectivity index (χ0n) is 12.5. The average Bonchev–Trinajstić information content (AvgIpc) is 2.52. The van der Waals surface area contributed by atoms with Gasteiger partial charge in [0.15, 0.2) is 0 Å². The standard InChI is InChI=1S/C16H24N2O2S/c1-13(19)14-7-10-18(11-8-14)16(20)17-9-12-21-15-5-3-2-4-6-15/h2-6,13-14,19H,7-12H2,1H3,(H,17,20). The van der Waals surface area contributed by atoms with Crippen molar-refractivity contribution >= 4 is 17.8 Å². The van der Waals surface area contributed by atoms with Crippen LogP contribution in [-0.2, 0) is 0 Å². The molecule has 1 aliphatic rings. The number of aliphatic hydroxyl groups is 1. The summed E-state index contributed by atoms with van der Waals surface area (Å²) < 4.78 is 0. The van der Waals surface area contributed by atoms with Gasteiger partial charge in [-0.2, -0.15) is 0 Å². The Balaban J connectivity index is 1.62. The third-order valence-electron chi connectivity index (χ3n) is 3.90. The molecule has 0 aromatic heterocycles. The van der Waals surface area contributed by atoms with E-state index < -0.39 is 0 Å². The zero-order chi connectivity index (χ0) is 15.1. The van der Waals surface area contributed by atoms with E-state index in [1.54, 1.807) is 11.8 Å². The number of nitrogens with one attached hydrogen (secondary N) is 1. The molecule has 21 heavy (non-hydrogen) atoms. The van der Waals surface area contributed by atoms with Gasteiger partial charge in [-0.1, -0.05) is 18.2 Å². The number of carbonyl (C=O) groups excluding carboxylic acids is 1. The summed E-state index contributed by atoms with van der Waals surface area (Å²) in [4.78, 5) is 15.1. The maximum absolute atomic E-state index is 12.0. The van der Waals surface area contributed by atoms with Gasteiger partial charge in [-0.05, 0) is 37.8 Å². The van der Waals surface area contributed by atoms with Gasteiger partial charge in [-0.25, -0.2) is 4.79 Å². The molecule has 1 fully saturated rings. The second-order valence-electron chi connectivity index (χ2n) is 5.46. The molecule has 0 spiro atoms. The molecule has 2 rings (SSSR count). The number of benzene rings is 1. The summed E-state index contributed by atoms with van der Waals surface area (Å²) in [6.45, 7) is 4.00. The molecule has 1 aliphatic heterocycles. The molecule has 0 saturated carbocycles. The van der Waals surface area contributed by atoms with Gasteiger partial charge in [0.2, 0.25) is 0 Å². The van der Waals surface area contributed by atoms with E-state index in [0.29, 0.717) is 12.5 Å². The van der Waals surface area contributed by atoms with E-state index in [4.69, 9.17) is 0 Å². The van der Waals surface area contributed by atoms with Crippen LogP contribution in [0.5, 0.6) is 0 Å². The number of thioether (sulfide) groups is 1. The number of piperidine rings is 1. The van der Waals surface area contributed by atoms with Crippen LogP contribution < -0.4 is 5.32 Å². The molecule has 2 amide bonds. The maximum atomic E-state index is 12.0. The van der Waals surface area contributed by atoms with Crippen molar-refractivity contribution in [3.05, 3.63) is 30.3 Å². The molecule has 0 aliphatic carbocycles. The number of hydrogen-bond donors (Lipinski definition) is 2. The second kappa shape index (κ2) is 8.29. The second-order valence-corrected chi connectivity index (χ2v) is 6.63. The van der Waals surface area contributed by atoms with Gasteiger partial charge in [0.25, 0.3) is 0 Å². The molecule has 2 N–H and O–H groups in total. The molecule has 1 heterocycles. The smallest absolute Gasteiger partial charge is 0.317 e. The Labute approximate surface area is 130 Å². The lowest BCUT2D eigenvalue weighted by molar-refractivity contribution is 0.0799. The first-order valence-corrected chi connectivity index (χ1v) is 8.54. The number of urea groups is 1. The van der Waals surface area contributed by atoms with Crippen LogP contribution in [0.1, 0.15) is 19.8 Å². The van der Waals surface area contributed by atoms with Crippen molar-refractivity contribution in [2.45, 2.75) is 30.8 Å². The number of hydrogen-bond acceptors (Lipinski definition) is 3. The monoisotopic (exact) mass is 308 g/mol. The third-order valence-corrected chi connectivity index (χ3v) is 4.91. The molecule has 116 valence electrons. The van der Waals surface area contributed by atoms with E-state index in [9.17, 15) is 9.90 Å². The van der Waals surface area contributed by atoms with Gasteiger partial charge in [0, 0.05) is 30.3 Å². The largest absolute Gasteiger partial charge is 0.393 e. The number of rotatable bonds is 5. The molecular weight excluding hydrogens is 284 g/mol. The first-order valence-electron chi connectivity index (χ1n) is 7.55. The van der Waals surface area contributed by atoms with Crippen molar-refractivity contribution in [2.75, 3.05) is 25.4 Å². The minimum absolute atomic E-state index is 0.0210. The molecule has 0 bridgehead atoms. The van der Waals surface area contributed by atoms with E-state index in [1.165, 1.54) is 4.90 Å². The molecule has 0 radical (unpaired) electrons. The van der Waals surface area contributed by atoms with E-state index in [2.05, 4.69) is 17.4 Å². The molecule has 1 saturated heterocycles. The van der Waals surface area contributed by atoms with Crippen molar-refractivity contribution < 1.29 is 9.90 Å². The minimum atomic E-state index is -0.266. The van der Waals surface area contributed by atoms with Crippen molar-refractivity contribution in [2.24, 2.45) is 5.92 Å². The van der Waals surface area contributed by atoms with Crippen LogP contribution in [0.15, 0.2) is 35.2 Å². The molecule has 1 unspecified atom stereocenters. The molecule has 5 heteroatoms. The number of aliphatic hydroxyl groups excluding tert-OH is 1. The quantitative estimate of drug-likeness (QED) is 0.649. The van der Waals surface area contributed by atoms with E-state index in [1.807, 2.05) is 30.0 Å². The van der Waals surface area contributed by atoms with Crippen LogP contribution in [0, 0.1) is 5.92 Å². The highest BCUT2D eigenvalue weighted by Gasteiger charge is 2.24. The predicted octanol–water partition coefficient (Wildman–Crippen LogP) is 2.58. The van der Waals surface area contributed by atoms with Crippen molar-refractivity contribution in [3.8, 4) is 0 Å². The van der Waals surface area contributed by atoms with Crippen molar-refractivity contribution in [3.63, 3.8) is 0 Å². The van der Waals surface area contributed by atoms with Crippen LogP contribution in [0.25, 0.3) is 0 Å². The van der Waals surface area contributed by atoms with Crippen LogP contribution in [0.4, 0.5) is 4.79 Å². The van der Waals surface area contributed by atoms with Crippen molar-refractivity contribution in [1.82, 2.24) is 10.2 Å². The Hall–Kier alpha value is -1.20. The summed E-state index contributed by atoms with van der Waals surface area (Å²) in [6, 6.07) is 10.2. The first kappa shape index (κ1) is 16.2. The summed E-state index contributed by atoms with van der Waals surface area (Å²) in [7, 11) is 0. The lowest BCUT2D eigenvalue weighted by atomic mass is 9.92. The van der Waals surface area contributed by atoms with E-state index >= 15 is 0 Å². The number of likely N-dealkylation sites (tertiary alicyclic amines) is 1. The average molecular weight is 308 g/mol. The zero-order valence-corrected chi connectivity index (χ0v) is 13.3. The number of nitrogens with zero attached hydrogens (tertiary/aromatic N) is 1. The van der Waals surface area contributed by atoms with Crippen LogP contribution in [-0.4, -0.2) is 47.5 Å². The Morgan fingerprint density at radius 1 is 1.38 bits per heavy atom. The Morgan fingerprint density at radius 3 is 2.67 bits per heavy atom. The van der Waals surface area contributed by atoms with E-state index in [0.717, 1.165) is 31.7 Å². The van der Waals surface area contributed by atoms with Gasteiger partial charge in [0.1, 0.15) is 0 Å². The minimum Gasteiger partial charge on any atom is -0.393 e. The molecular formula is C16H24N2O2S. The number of amides is 2. The fourth-order valence-electron chi connectivity index (χ4n) is 2.54. The van der Waals surface area contributed by atoms with Gasteiger partial charge < -0.3 is 15.3 Å². The molecule has 1 aromatic rings. The fourth-order valence-corrected chi connectivity index (χ4v) is 3.33. The van der Waals surface area contributed by atoms with Gasteiger partial charge in [0.05, 0.1) is 6.10 Å². The molecule has 1 aromatic carbocycles. The van der Waals surface area contributed by atoms with E-state index in [-0.39, 0.29) is 12.1 Å². The van der Waals surface area contributed by atoms with Gasteiger partial charge in [-0.3, -0.25) is 0 Å². The first-order chi connectivity index (χ1) is 10.2. The maximum Gasteiger partial charge on any atom is 0.317 e. The highest BCUT2D eigenvalue weighted by molar-refractivity contribution is 7.99. The number of carbonyl (C=O) groups is 1. The van der Waals surface area contributed by atoms with Gasteiger partial charge in [-0.15, -0.1) is 11.8 Å². The van der Waals surface area contributed by atoms with Crippen LogP contribution in [0.3, 0.4) is 0 Å². The lowest BCUT2D eigenvalue weighted by Gasteiger charge is -2.33. The van der Waals surface area contributed by atoms with Crippen LogP contribution >= 0.6 is 11.8 Å². The highest BCUT2D eigenvalue weighted by atomic mass is 32.2. The lowest BCUT2D eigenvalue weighted by Crippen LogP contribution is -2.46. The van der Waals surface area contributed by atoms with Crippen molar-refractivity contribution in [1.29, 1.82) is 0 Å². The fraction of sp³-hybridized carbons (Fsp3) is 0.562. The third kappa shape index (κ3) is 5.25. The predicted molar refractivity (Wildman–Crippen MR) is 86.5 cm³/mol. The molecule has 4 nitrogen and oxygen atoms in total. The highest BCUT2D eigenvalue weighted by Crippen LogP contribution is 2.20. The topological polar surface area (TPSA) is 52.6 Å². The summed E-state index contributed by atoms with van der Waals surface area (Å²) in [5.74, 6) is 1.21. The summed E-state index contributed by atoms with van der Waals surface area (Å²) in [5.41, 5.74) is 0. The Bertz CT molecular complexity index is 431.